The smallest absolute Gasteiger partial charge is 0.224 e. The van der Waals surface area contributed by atoms with E-state index in [9.17, 15) is 0 Å². The van der Waals surface area contributed by atoms with Crippen molar-refractivity contribution in [3.63, 3.8) is 0 Å². The summed E-state index contributed by atoms with van der Waals surface area (Å²) in [4.78, 5) is 8.58. The van der Waals surface area contributed by atoms with Crippen LogP contribution >= 0.6 is 0 Å². The molecule has 5 nitrogen and oxygen atoms in total. The third-order valence-corrected chi connectivity index (χ3v) is 2.82. The van der Waals surface area contributed by atoms with Gasteiger partial charge in [-0.05, 0) is 30.2 Å². The Hall–Kier alpha value is -2.30. The van der Waals surface area contributed by atoms with Gasteiger partial charge in [0.05, 0.1) is 7.11 Å². The highest BCUT2D eigenvalue weighted by Gasteiger charge is 1.99. The first-order chi connectivity index (χ1) is 9.81. The Morgan fingerprint density at radius 2 is 1.90 bits per heavy atom. The predicted octanol–water partition coefficient (Wildman–Crippen LogP) is 2.92. The maximum atomic E-state index is 5.14. The van der Waals surface area contributed by atoms with Crippen molar-refractivity contribution in [2.24, 2.45) is 0 Å². The van der Waals surface area contributed by atoms with Gasteiger partial charge in [0, 0.05) is 19.3 Å². The number of aromatic nitrogens is 2. The Balaban J connectivity index is 1.92. The summed E-state index contributed by atoms with van der Waals surface area (Å²) in [6.07, 6.45) is 2.80. The van der Waals surface area contributed by atoms with Crippen molar-refractivity contribution in [2.75, 3.05) is 24.3 Å². The van der Waals surface area contributed by atoms with Crippen LogP contribution in [-0.4, -0.2) is 23.6 Å². The summed E-state index contributed by atoms with van der Waals surface area (Å²) in [7, 11) is 1.67. The van der Waals surface area contributed by atoms with E-state index >= 15 is 0 Å². The van der Waals surface area contributed by atoms with Crippen molar-refractivity contribution in [3.8, 4) is 5.75 Å². The van der Waals surface area contributed by atoms with E-state index in [4.69, 9.17) is 4.74 Å². The molecule has 0 atom stereocenters. The number of methoxy groups -OCH3 is 1. The highest BCUT2D eigenvalue weighted by atomic mass is 16.5. The van der Waals surface area contributed by atoms with Crippen molar-refractivity contribution in [1.82, 2.24) is 9.97 Å². The van der Waals surface area contributed by atoms with Gasteiger partial charge in [-0.2, -0.15) is 4.98 Å². The molecule has 1 heterocycles. The van der Waals surface area contributed by atoms with Gasteiger partial charge < -0.3 is 15.4 Å². The molecule has 0 aliphatic carbocycles. The van der Waals surface area contributed by atoms with E-state index in [1.165, 1.54) is 5.56 Å². The summed E-state index contributed by atoms with van der Waals surface area (Å²) in [5, 5.41) is 6.45. The first-order valence-corrected chi connectivity index (χ1v) is 6.75. The topological polar surface area (TPSA) is 59.1 Å². The van der Waals surface area contributed by atoms with Gasteiger partial charge in [0.25, 0.3) is 0 Å². The zero-order valence-electron chi connectivity index (χ0n) is 11.9. The molecule has 2 aromatic rings. The molecule has 106 valence electrons. The molecule has 20 heavy (non-hydrogen) atoms. The largest absolute Gasteiger partial charge is 0.497 e. The quantitative estimate of drug-likeness (QED) is 0.811. The van der Waals surface area contributed by atoms with Crippen LogP contribution < -0.4 is 15.4 Å². The van der Waals surface area contributed by atoms with Crippen molar-refractivity contribution < 1.29 is 4.74 Å². The zero-order valence-corrected chi connectivity index (χ0v) is 11.9. The van der Waals surface area contributed by atoms with E-state index in [-0.39, 0.29) is 0 Å². The maximum Gasteiger partial charge on any atom is 0.224 e. The number of rotatable bonds is 7. The van der Waals surface area contributed by atoms with Crippen molar-refractivity contribution in [3.05, 3.63) is 42.1 Å². The van der Waals surface area contributed by atoms with E-state index in [1.807, 2.05) is 30.3 Å². The molecule has 1 aromatic heterocycles. The lowest BCUT2D eigenvalue weighted by atomic mass is 10.2. The van der Waals surface area contributed by atoms with Crippen LogP contribution in [0.15, 0.2) is 36.5 Å². The fourth-order valence-corrected chi connectivity index (χ4v) is 1.72. The van der Waals surface area contributed by atoms with Gasteiger partial charge in [0.2, 0.25) is 5.95 Å². The average Bonchev–Trinajstić information content (AvgIpc) is 2.52. The monoisotopic (exact) mass is 272 g/mol. The van der Waals surface area contributed by atoms with Gasteiger partial charge in [-0.25, -0.2) is 4.98 Å². The van der Waals surface area contributed by atoms with E-state index in [0.29, 0.717) is 12.5 Å². The lowest BCUT2D eigenvalue weighted by Crippen LogP contribution is -2.07. The summed E-state index contributed by atoms with van der Waals surface area (Å²) < 4.78 is 5.14. The fourth-order valence-electron chi connectivity index (χ4n) is 1.72. The highest BCUT2D eigenvalue weighted by molar-refractivity contribution is 5.40. The number of hydrogen-bond donors (Lipinski definition) is 2. The second-order valence-corrected chi connectivity index (χ2v) is 4.39. The van der Waals surface area contributed by atoms with E-state index in [0.717, 1.165) is 24.5 Å². The van der Waals surface area contributed by atoms with Gasteiger partial charge in [0.15, 0.2) is 0 Å². The molecule has 0 radical (unpaired) electrons. The van der Waals surface area contributed by atoms with Crippen LogP contribution in [0.5, 0.6) is 5.75 Å². The van der Waals surface area contributed by atoms with Crippen molar-refractivity contribution >= 4 is 11.8 Å². The van der Waals surface area contributed by atoms with Crippen LogP contribution in [0.1, 0.15) is 18.9 Å². The summed E-state index contributed by atoms with van der Waals surface area (Å²) in [5.74, 6) is 2.34. The minimum absolute atomic E-state index is 0.659. The van der Waals surface area contributed by atoms with Crippen molar-refractivity contribution in [2.45, 2.75) is 19.9 Å². The van der Waals surface area contributed by atoms with E-state index in [2.05, 4.69) is 27.5 Å². The Kier molecular flexibility index (Phi) is 5.17. The van der Waals surface area contributed by atoms with E-state index < -0.39 is 0 Å². The second kappa shape index (κ2) is 7.33. The average molecular weight is 272 g/mol. The predicted molar refractivity (Wildman–Crippen MR) is 81.1 cm³/mol. The maximum absolute atomic E-state index is 5.14. The highest BCUT2D eigenvalue weighted by Crippen LogP contribution is 2.13. The fraction of sp³-hybridized carbons (Fsp3) is 0.333. The summed E-state index contributed by atoms with van der Waals surface area (Å²) >= 11 is 0. The molecule has 0 unspecified atom stereocenters. The minimum Gasteiger partial charge on any atom is -0.497 e. The third-order valence-electron chi connectivity index (χ3n) is 2.82. The molecule has 0 saturated carbocycles. The molecule has 2 N–H and O–H groups in total. The van der Waals surface area contributed by atoms with Gasteiger partial charge in [-0.3, -0.25) is 0 Å². The Morgan fingerprint density at radius 1 is 1.10 bits per heavy atom. The SMILES string of the molecule is CCCNc1nccc(NCc2ccc(OC)cc2)n1. The second-order valence-electron chi connectivity index (χ2n) is 4.39. The molecule has 1 aromatic carbocycles. The van der Waals surface area contributed by atoms with Crippen LogP contribution in [0.2, 0.25) is 0 Å². The molecule has 0 aliphatic rings. The number of benzene rings is 1. The number of nitrogens with zero attached hydrogens (tertiary/aromatic N) is 2. The van der Waals surface area contributed by atoms with E-state index in [1.54, 1.807) is 13.3 Å². The number of ether oxygens (including phenoxy) is 1. The summed E-state index contributed by atoms with van der Waals surface area (Å²) in [6, 6.07) is 9.82. The summed E-state index contributed by atoms with van der Waals surface area (Å²) in [6.45, 7) is 3.70. The van der Waals surface area contributed by atoms with Gasteiger partial charge in [-0.15, -0.1) is 0 Å². The molecule has 0 amide bonds. The molecule has 5 heteroatoms. The number of nitrogens with one attached hydrogen (secondary N) is 2. The molecule has 0 aliphatic heterocycles. The molecule has 2 rings (SSSR count). The lowest BCUT2D eigenvalue weighted by Gasteiger charge is -2.08. The first-order valence-electron chi connectivity index (χ1n) is 6.75. The molecule has 0 spiro atoms. The van der Waals surface area contributed by atoms with Crippen LogP contribution in [0.4, 0.5) is 11.8 Å². The van der Waals surface area contributed by atoms with Crippen LogP contribution in [0, 0.1) is 0 Å². The minimum atomic E-state index is 0.659. The molecule has 0 saturated heterocycles. The number of anilines is 2. The summed E-state index contributed by atoms with van der Waals surface area (Å²) in [5.41, 5.74) is 1.17. The molecule has 0 fully saturated rings. The third kappa shape index (κ3) is 4.12. The Labute approximate surface area is 119 Å². The van der Waals surface area contributed by atoms with Crippen LogP contribution in [0.3, 0.4) is 0 Å². The zero-order chi connectivity index (χ0) is 14.2. The molecule has 0 bridgehead atoms. The standard InChI is InChI=1S/C15H20N4O/c1-3-9-16-15-17-10-8-14(19-15)18-11-12-4-6-13(20-2)7-5-12/h4-8,10H,3,9,11H2,1-2H3,(H2,16,17,18,19). The van der Waals surface area contributed by atoms with Gasteiger partial charge in [0.1, 0.15) is 11.6 Å². The van der Waals surface area contributed by atoms with Crippen LogP contribution in [-0.2, 0) is 6.54 Å². The van der Waals surface area contributed by atoms with Gasteiger partial charge >= 0.3 is 0 Å². The normalized spacial score (nSPS) is 10.1. The van der Waals surface area contributed by atoms with Gasteiger partial charge in [-0.1, -0.05) is 19.1 Å². The Morgan fingerprint density at radius 3 is 2.60 bits per heavy atom. The Bertz CT molecular complexity index is 528. The number of hydrogen-bond acceptors (Lipinski definition) is 5. The first kappa shape index (κ1) is 14.1. The molecular formula is C15H20N4O. The van der Waals surface area contributed by atoms with Crippen molar-refractivity contribution in [1.29, 1.82) is 0 Å². The van der Waals surface area contributed by atoms with Crippen LogP contribution in [0.25, 0.3) is 0 Å². The molecular weight excluding hydrogens is 252 g/mol. The lowest BCUT2D eigenvalue weighted by molar-refractivity contribution is 0.414.